The van der Waals surface area contributed by atoms with E-state index in [0.29, 0.717) is 40.6 Å². The predicted octanol–water partition coefficient (Wildman–Crippen LogP) is 6.68. The van der Waals surface area contributed by atoms with Gasteiger partial charge < -0.3 is 4.74 Å². The number of carbonyl (C=O) groups excluding carboxylic acids is 3. The molecule has 0 atom stereocenters. The fourth-order valence-electron chi connectivity index (χ4n) is 4.43. The Morgan fingerprint density at radius 3 is 2.41 bits per heavy atom. The van der Waals surface area contributed by atoms with Crippen LogP contribution < -0.4 is 15.0 Å². The fourth-order valence-corrected chi connectivity index (χ4v) is 5.20. The molecule has 0 unspecified atom stereocenters. The molecule has 1 saturated heterocycles. The summed E-state index contributed by atoms with van der Waals surface area (Å²) in [6.45, 7) is 8.18. The van der Waals surface area contributed by atoms with Crippen LogP contribution in [-0.2, 0) is 16.0 Å². The zero-order valence-corrected chi connectivity index (χ0v) is 23.3. The summed E-state index contributed by atoms with van der Waals surface area (Å²) in [5.41, 5.74) is 5.75. The highest BCUT2D eigenvalue weighted by Gasteiger charge is 2.37. The van der Waals surface area contributed by atoms with Gasteiger partial charge in [0.15, 0.2) is 0 Å². The second-order valence-electron chi connectivity index (χ2n) is 8.93. The monoisotopic (exact) mass is 580 g/mol. The van der Waals surface area contributed by atoms with Crippen LogP contribution in [0.3, 0.4) is 0 Å². The lowest BCUT2D eigenvalue weighted by Crippen LogP contribution is -2.54. The lowest BCUT2D eigenvalue weighted by molar-refractivity contribution is -0.122. The largest absolute Gasteiger partial charge is 0.494 e. The third kappa shape index (κ3) is 5.63. The molecule has 0 aliphatic carbocycles. The van der Waals surface area contributed by atoms with E-state index in [9.17, 15) is 14.4 Å². The number of rotatable bonds is 6. The van der Waals surface area contributed by atoms with Crippen molar-refractivity contribution in [3.63, 3.8) is 0 Å². The van der Waals surface area contributed by atoms with Crippen LogP contribution in [0.5, 0.6) is 5.75 Å². The molecule has 6 nitrogen and oxygen atoms in total. The number of barbiturate groups is 1. The van der Waals surface area contributed by atoms with Gasteiger partial charge in [-0.2, -0.15) is 0 Å². The number of carbonyl (C=O) groups is 3. The van der Waals surface area contributed by atoms with E-state index in [1.54, 1.807) is 31.2 Å². The van der Waals surface area contributed by atoms with Crippen LogP contribution in [0.25, 0.3) is 6.08 Å². The van der Waals surface area contributed by atoms with Gasteiger partial charge in [-0.05, 0) is 74.7 Å². The second-order valence-corrected chi connectivity index (χ2v) is 10.2. The highest BCUT2D eigenvalue weighted by atomic mass is 79.9. The Labute approximate surface area is 229 Å². The zero-order chi connectivity index (χ0) is 26.9. The Hall–Kier alpha value is -3.42. The minimum Gasteiger partial charge on any atom is -0.494 e. The van der Waals surface area contributed by atoms with Gasteiger partial charge in [0.25, 0.3) is 11.8 Å². The molecule has 0 bridgehead atoms. The predicted molar refractivity (Wildman–Crippen MR) is 149 cm³/mol. The number of aryl methyl sites for hydroxylation is 2. The molecule has 3 aromatic carbocycles. The number of ether oxygens (including phenoxy) is 1. The van der Waals surface area contributed by atoms with E-state index in [0.717, 1.165) is 20.5 Å². The lowest BCUT2D eigenvalue weighted by atomic mass is 9.98. The molecule has 190 valence electrons. The highest BCUT2D eigenvalue weighted by Crippen LogP contribution is 2.34. The molecule has 0 radical (unpaired) electrons. The molecule has 3 aromatic rings. The number of imide groups is 2. The van der Waals surface area contributed by atoms with Crippen molar-refractivity contribution in [2.45, 2.75) is 34.1 Å². The van der Waals surface area contributed by atoms with Crippen LogP contribution in [0.2, 0.25) is 5.02 Å². The summed E-state index contributed by atoms with van der Waals surface area (Å²) in [5.74, 6) is -0.850. The van der Waals surface area contributed by atoms with E-state index in [4.69, 9.17) is 16.3 Å². The van der Waals surface area contributed by atoms with Crippen LogP contribution in [-0.4, -0.2) is 24.5 Å². The number of urea groups is 1. The van der Waals surface area contributed by atoms with E-state index >= 15 is 0 Å². The van der Waals surface area contributed by atoms with E-state index in [1.165, 1.54) is 17.2 Å². The second kappa shape index (κ2) is 10.9. The van der Waals surface area contributed by atoms with Crippen molar-refractivity contribution < 1.29 is 19.1 Å². The van der Waals surface area contributed by atoms with Gasteiger partial charge in [-0.1, -0.05) is 62.9 Å². The number of hydrogen-bond donors (Lipinski definition) is 1. The summed E-state index contributed by atoms with van der Waals surface area (Å²) < 4.78 is 6.73. The molecular weight excluding hydrogens is 556 g/mol. The normalized spacial score (nSPS) is 14.8. The summed E-state index contributed by atoms with van der Waals surface area (Å²) in [4.78, 5) is 39.6. The maximum absolute atomic E-state index is 13.4. The molecule has 0 saturated carbocycles. The van der Waals surface area contributed by atoms with Gasteiger partial charge in [-0.15, -0.1) is 0 Å². The van der Waals surface area contributed by atoms with Gasteiger partial charge >= 0.3 is 6.03 Å². The summed E-state index contributed by atoms with van der Waals surface area (Å²) in [6.07, 6.45) is 2.11. The van der Waals surface area contributed by atoms with Crippen LogP contribution in [0.15, 0.2) is 58.6 Å². The quantitative estimate of drug-likeness (QED) is 0.260. The van der Waals surface area contributed by atoms with Crippen molar-refractivity contribution in [1.82, 2.24) is 5.32 Å². The van der Waals surface area contributed by atoms with Gasteiger partial charge in [-0.3, -0.25) is 14.9 Å². The average Bonchev–Trinajstić information content (AvgIpc) is 2.81. The van der Waals surface area contributed by atoms with Crippen molar-refractivity contribution in [1.29, 1.82) is 0 Å². The maximum atomic E-state index is 13.4. The number of anilines is 1. The fraction of sp³-hybridized carbons (Fsp3) is 0.207. The van der Waals surface area contributed by atoms with Crippen LogP contribution in [0, 0.1) is 20.8 Å². The third-order valence-corrected chi connectivity index (χ3v) is 7.15. The smallest absolute Gasteiger partial charge is 0.335 e. The number of benzene rings is 3. The van der Waals surface area contributed by atoms with E-state index in [1.807, 2.05) is 13.0 Å². The van der Waals surface area contributed by atoms with Crippen molar-refractivity contribution in [3.8, 4) is 5.75 Å². The number of amides is 4. The number of nitrogens with zero attached hydrogens (tertiary/aromatic N) is 1. The van der Waals surface area contributed by atoms with E-state index < -0.39 is 17.8 Å². The molecule has 1 N–H and O–H groups in total. The molecule has 0 spiro atoms. The first-order chi connectivity index (χ1) is 17.6. The summed E-state index contributed by atoms with van der Waals surface area (Å²) in [6, 6.07) is 14.1. The molecule has 0 aromatic heterocycles. The topological polar surface area (TPSA) is 75.7 Å². The molecule has 4 amide bonds. The molecule has 1 heterocycles. The molecule has 4 rings (SSSR count). The Bertz CT molecular complexity index is 1440. The Kier molecular flexibility index (Phi) is 7.85. The standard InChI is InChI=1S/C29H26BrClN2O4/c1-5-37-26-15-20(14-23(30)21(26)12-19-10-16(2)9-17(3)11-19)13-22-27(34)32-29(36)33(28(22)35)25-8-6-7-24(31)18(25)4/h6-11,13-15H,5,12H2,1-4H3,(H,32,34,36)/b22-13+. The Balaban J connectivity index is 1.74. The summed E-state index contributed by atoms with van der Waals surface area (Å²) in [5, 5.41) is 2.66. The molecule has 8 heteroatoms. The number of hydrogen-bond acceptors (Lipinski definition) is 4. The zero-order valence-electron chi connectivity index (χ0n) is 20.9. The first-order valence-corrected chi connectivity index (χ1v) is 12.9. The Morgan fingerprint density at radius 1 is 1.03 bits per heavy atom. The minimum absolute atomic E-state index is 0.171. The average molecular weight is 582 g/mol. The van der Waals surface area contributed by atoms with Gasteiger partial charge in [-0.25, -0.2) is 9.69 Å². The molecule has 1 fully saturated rings. The summed E-state index contributed by atoms with van der Waals surface area (Å²) in [7, 11) is 0. The van der Waals surface area contributed by atoms with Crippen LogP contribution >= 0.6 is 27.5 Å². The maximum Gasteiger partial charge on any atom is 0.335 e. The highest BCUT2D eigenvalue weighted by molar-refractivity contribution is 9.10. The SMILES string of the molecule is CCOc1cc(/C=C2\C(=O)NC(=O)N(c3cccc(Cl)c3C)C2=O)cc(Br)c1Cc1cc(C)cc(C)c1. The van der Waals surface area contributed by atoms with E-state index in [-0.39, 0.29) is 5.57 Å². The van der Waals surface area contributed by atoms with Gasteiger partial charge in [0, 0.05) is 21.5 Å². The van der Waals surface area contributed by atoms with Crippen molar-refractivity contribution in [2.75, 3.05) is 11.5 Å². The third-order valence-electron chi connectivity index (χ3n) is 6.03. The van der Waals surface area contributed by atoms with Gasteiger partial charge in [0.1, 0.15) is 11.3 Å². The van der Waals surface area contributed by atoms with Crippen LogP contribution in [0.4, 0.5) is 10.5 Å². The van der Waals surface area contributed by atoms with Crippen molar-refractivity contribution in [3.05, 3.63) is 97.0 Å². The minimum atomic E-state index is -0.822. The lowest BCUT2D eigenvalue weighted by Gasteiger charge is -2.27. The number of nitrogens with one attached hydrogen (secondary N) is 1. The molecule has 37 heavy (non-hydrogen) atoms. The van der Waals surface area contributed by atoms with Crippen LogP contribution in [0.1, 0.15) is 40.3 Å². The molecule has 1 aliphatic heterocycles. The Morgan fingerprint density at radius 2 is 1.73 bits per heavy atom. The summed E-state index contributed by atoms with van der Waals surface area (Å²) >= 11 is 9.87. The van der Waals surface area contributed by atoms with Crippen molar-refractivity contribution >= 4 is 57.1 Å². The van der Waals surface area contributed by atoms with Crippen molar-refractivity contribution in [2.24, 2.45) is 0 Å². The molecule has 1 aliphatic rings. The number of halogens is 2. The first-order valence-electron chi connectivity index (χ1n) is 11.8. The first kappa shape index (κ1) is 26.6. The molecular formula is C29H26BrClN2O4. The van der Waals surface area contributed by atoms with Gasteiger partial charge in [0.05, 0.1) is 12.3 Å². The van der Waals surface area contributed by atoms with Gasteiger partial charge in [0.2, 0.25) is 0 Å². The van der Waals surface area contributed by atoms with E-state index in [2.05, 4.69) is 53.3 Å².